The fourth-order valence-corrected chi connectivity index (χ4v) is 5.63. The number of halogens is 1. The second kappa shape index (κ2) is 13.8. The minimum atomic E-state index is -3.83. The highest BCUT2D eigenvalue weighted by molar-refractivity contribution is 7.92. The van der Waals surface area contributed by atoms with Crippen LogP contribution in [0.4, 0.5) is 5.69 Å². The Kier molecular flexibility index (Phi) is 10.8. The summed E-state index contributed by atoms with van der Waals surface area (Å²) in [6.07, 6.45) is 2.07. The van der Waals surface area contributed by atoms with Gasteiger partial charge in [0, 0.05) is 24.0 Å². The lowest BCUT2D eigenvalue weighted by atomic mass is 10.0. The largest absolute Gasteiger partial charge is 0.352 e. The van der Waals surface area contributed by atoms with E-state index in [1.165, 1.54) is 4.90 Å². The van der Waals surface area contributed by atoms with Gasteiger partial charge < -0.3 is 10.2 Å². The van der Waals surface area contributed by atoms with Gasteiger partial charge in [-0.05, 0) is 62.1 Å². The van der Waals surface area contributed by atoms with Gasteiger partial charge in [-0.15, -0.1) is 0 Å². The van der Waals surface area contributed by atoms with Crippen molar-refractivity contribution in [2.24, 2.45) is 0 Å². The van der Waals surface area contributed by atoms with Crippen LogP contribution in [0.2, 0.25) is 5.02 Å². The fraction of sp³-hybridized carbons (Fsp3) is 0.355. The standard InChI is InChI=1S/C31H38ClN3O4S/c1-6-24(4)33-31(37)29(19-25-11-8-7-9-12-25)34(20-26-13-10-14-27(32)18-26)30(36)21-35(40(5,38)39)28-16-15-22(2)17-23(28)3/h7-18,24,29H,6,19-21H2,1-5H3,(H,33,37). The van der Waals surface area contributed by atoms with E-state index in [-0.39, 0.29) is 24.9 Å². The molecule has 3 rings (SSSR count). The first-order valence-corrected chi connectivity index (χ1v) is 15.5. The van der Waals surface area contributed by atoms with Gasteiger partial charge >= 0.3 is 0 Å². The van der Waals surface area contributed by atoms with Gasteiger partial charge in [-0.1, -0.05) is 78.7 Å². The fourth-order valence-electron chi connectivity index (χ4n) is 4.51. The summed E-state index contributed by atoms with van der Waals surface area (Å²) in [6, 6.07) is 21.0. The molecule has 2 amide bonds. The van der Waals surface area contributed by atoms with Gasteiger partial charge in [0.15, 0.2) is 0 Å². The maximum Gasteiger partial charge on any atom is 0.244 e. The van der Waals surface area contributed by atoms with E-state index in [2.05, 4.69) is 5.32 Å². The summed E-state index contributed by atoms with van der Waals surface area (Å²) < 4.78 is 27.0. The van der Waals surface area contributed by atoms with Gasteiger partial charge in [0.1, 0.15) is 12.6 Å². The highest BCUT2D eigenvalue weighted by Crippen LogP contribution is 2.25. The zero-order valence-electron chi connectivity index (χ0n) is 23.7. The predicted molar refractivity (Wildman–Crippen MR) is 162 cm³/mol. The molecule has 7 nitrogen and oxygen atoms in total. The molecule has 0 aromatic heterocycles. The number of benzene rings is 3. The number of hydrogen-bond donors (Lipinski definition) is 1. The van der Waals surface area contributed by atoms with Crippen LogP contribution in [-0.4, -0.2) is 50.0 Å². The second-order valence-corrected chi connectivity index (χ2v) is 12.6. The third kappa shape index (κ3) is 8.57. The molecule has 3 aromatic carbocycles. The van der Waals surface area contributed by atoms with Crippen LogP contribution in [0.5, 0.6) is 0 Å². The number of anilines is 1. The molecular weight excluding hydrogens is 546 g/mol. The highest BCUT2D eigenvalue weighted by atomic mass is 35.5. The molecule has 0 aliphatic rings. The molecule has 0 fully saturated rings. The van der Waals surface area contributed by atoms with Gasteiger partial charge in [0.05, 0.1) is 11.9 Å². The zero-order valence-corrected chi connectivity index (χ0v) is 25.3. The average molecular weight is 584 g/mol. The van der Waals surface area contributed by atoms with Crippen LogP contribution in [0.25, 0.3) is 0 Å². The summed E-state index contributed by atoms with van der Waals surface area (Å²) in [7, 11) is -3.83. The van der Waals surface area contributed by atoms with Crippen LogP contribution in [0.15, 0.2) is 72.8 Å². The first-order valence-electron chi connectivity index (χ1n) is 13.3. The van der Waals surface area contributed by atoms with Crippen molar-refractivity contribution in [3.05, 3.63) is 100 Å². The normalized spacial score (nSPS) is 12.8. The van der Waals surface area contributed by atoms with Crippen molar-refractivity contribution >= 4 is 39.1 Å². The van der Waals surface area contributed by atoms with E-state index in [0.29, 0.717) is 10.7 Å². The maximum atomic E-state index is 14.1. The Labute approximate surface area is 243 Å². The molecule has 0 heterocycles. The topological polar surface area (TPSA) is 86.8 Å². The Hall–Kier alpha value is -3.36. The highest BCUT2D eigenvalue weighted by Gasteiger charge is 2.33. The molecule has 0 saturated carbocycles. The molecule has 0 radical (unpaired) electrons. The summed E-state index contributed by atoms with van der Waals surface area (Å²) in [5, 5.41) is 3.52. The molecule has 0 aliphatic heterocycles. The summed E-state index contributed by atoms with van der Waals surface area (Å²) in [5.41, 5.74) is 3.74. The number of nitrogens with one attached hydrogen (secondary N) is 1. The summed E-state index contributed by atoms with van der Waals surface area (Å²) in [4.78, 5) is 29.3. The quantitative estimate of drug-likeness (QED) is 0.314. The van der Waals surface area contributed by atoms with Crippen molar-refractivity contribution < 1.29 is 18.0 Å². The molecule has 9 heteroatoms. The number of aryl methyl sites for hydroxylation is 2. The maximum absolute atomic E-state index is 14.1. The summed E-state index contributed by atoms with van der Waals surface area (Å²) >= 11 is 6.25. The molecule has 0 saturated heterocycles. The molecular formula is C31H38ClN3O4S. The van der Waals surface area contributed by atoms with Crippen LogP contribution in [0, 0.1) is 13.8 Å². The van der Waals surface area contributed by atoms with Crippen molar-refractivity contribution in [3.8, 4) is 0 Å². The molecule has 0 bridgehead atoms. The van der Waals surface area contributed by atoms with Crippen molar-refractivity contribution in [1.29, 1.82) is 0 Å². The predicted octanol–water partition coefficient (Wildman–Crippen LogP) is 5.28. The molecule has 40 heavy (non-hydrogen) atoms. The van der Waals surface area contributed by atoms with E-state index in [4.69, 9.17) is 11.6 Å². The first kappa shape index (κ1) is 31.2. The van der Waals surface area contributed by atoms with E-state index in [1.807, 2.05) is 76.2 Å². The average Bonchev–Trinajstić information content (AvgIpc) is 2.89. The minimum absolute atomic E-state index is 0.0787. The zero-order chi connectivity index (χ0) is 29.4. The Bertz CT molecular complexity index is 1430. The molecule has 2 unspecified atom stereocenters. The molecule has 0 spiro atoms. The van der Waals surface area contributed by atoms with Gasteiger partial charge in [0.2, 0.25) is 21.8 Å². The number of rotatable bonds is 12. The SMILES string of the molecule is CCC(C)NC(=O)C(Cc1ccccc1)N(Cc1cccc(Cl)c1)C(=O)CN(c1ccc(C)cc1C)S(C)(=O)=O. The minimum Gasteiger partial charge on any atom is -0.352 e. The number of nitrogens with zero attached hydrogens (tertiary/aromatic N) is 2. The lowest BCUT2D eigenvalue weighted by Crippen LogP contribution is -2.54. The monoisotopic (exact) mass is 583 g/mol. The van der Waals surface area contributed by atoms with Crippen LogP contribution < -0.4 is 9.62 Å². The van der Waals surface area contributed by atoms with Gasteiger partial charge in [0.25, 0.3) is 0 Å². The van der Waals surface area contributed by atoms with E-state index in [1.54, 1.807) is 24.3 Å². The van der Waals surface area contributed by atoms with Crippen LogP contribution in [0.1, 0.15) is 42.5 Å². The van der Waals surface area contributed by atoms with E-state index in [9.17, 15) is 18.0 Å². The molecule has 1 N–H and O–H groups in total. The van der Waals surface area contributed by atoms with E-state index in [0.717, 1.165) is 39.2 Å². The Morgan fingerprint density at radius 1 is 0.950 bits per heavy atom. The van der Waals surface area contributed by atoms with Gasteiger partial charge in [-0.25, -0.2) is 8.42 Å². The summed E-state index contributed by atoms with van der Waals surface area (Å²) in [5.74, 6) is -0.795. The van der Waals surface area contributed by atoms with Crippen LogP contribution in [-0.2, 0) is 32.6 Å². The van der Waals surface area contributed by atoms with E-state index < -0.39 is 28.5 Å². The molecule has 0 aliphatic carbocycles. The molecule has 214 valence electrons. The first-order chi connectivity index (χ1) is 18.9. The van der Waals surface area contributed by atoms with Crippen molar-refractivity contribution in [2.45, 2.75) is 59.2 Å². The van der Waals surface area contributed by atoms with Gasteiger partial charge in [-0.3, -0.25) is 13.9 Å². The van der Waals surface area contributed by atoms with Crippen molar-refractivity contribution in [3.63, 3.8) is 0 Å². The lowest BCUT2D eigenvalue weighted by Gasteiger charge is -2.34. The Morgan fingerprint density at radius 3 is 2.23 bits per heavy atom. The third-order valence-electron chi connectivity index (χ3n) is 6.81. The lowest BCUT2D eigenvalue weighted by molar-refractivity contribution is -0.140. The summed E-state index contributed by atoms with van der Waals surface area (Å²) in [6.45, 7) is 7.24. The molecule has 2 atom stereocenters. The van der Waals surface area contributed by atoms with Gasteiger partial charge in [-0.2, -0.15) is 0 Å². The number of amides is 2. The smallest absolute Gasteiger partial charge is 0.244 e. The second-order valence-electron chi connectivity index (χ2n) is 10.2. The van der Waals surface area contributed by atoms with Crippen LogP contribution in [0.3, 0.4) is 0 Å². The number of hydrogen-bond acceptors (Lipinski definition) is 4. The number of carbonyl (C=O) groups excluding carboxylic acids is 2. The van der Waals surface area contributed by atoms with Crippen molar-refractivity contribution in [2.75, 3.05) is 17.1 Å². The number of sulfonamides is 1. The Morgan fingerprint density at radius 2 is 1.62 bits per heavy atom. The van der Waals surface area contributed by atoms with Crippen LogP contribution >= 0.6 is 11.6 Å². The Balaban J connectivity index is 2.08. The molecule has 3 aromatic rings. The number of carbonyl (C=O) groups is 2. The van der Waals surface area contributed by atoms with Crippen molar-refractivity contribution in [1.82, 2.24) is 10.2 Å². The third-order valence-corrected chi connectivity index (χ3v) is 8.18. The van der Waals surface area contributed by atoms with E-state index >= 15 is 0 Å².